The highest BCUT2D eigenvalue weighted by Gasteiger charge is 2.17. The summed E-state index contributed by atoms with van der Waals surface area (Å²) in [5.74, 6) is -0.0808. The number of hydrogen-bond donors (Lipinski definition) is 1. The van der Waals surface area contributed by atoms with E-state index in [0.29, 0.717) is 5.56 Å². The zero-order valence-corrected chi connectivity index (χ0v) is 11.2. The maximum Gasteiger partial charge on any atom is 0.332 e. The first kappa shape index (κ1) is 14.0. The van der Waals surface area contributed by atoms with E-state index in [2.05, 4.69) is 5.32 Å². The third kappa shape index (κ3) is 4.02. The minimum absolute atomic E-state index is 0.0808. The first-order chi connectivity index (χ1) is 8.95. The summed E-state index contributed by atoms with van der Waals surface area (Å²) in [5, 5.41) is 2.94. The Balaban J connectivity index is 1.93. The number of benzene rings is 1. The lowest BCUT2D eigenvalue weighted by molar-refractivity contribution is -0.121. The largest absolute Gasteiger partial charge is 0.353 e. The first-order valence-corrected chi connectivity index (χ1v) is 7.66. The van der Waals surface area contributed by atoms with Crippen molar-refractivity contribution in [2.75, 3.05) is 0 Å². The molecule has 1 aliphatic carbocycles. The van der Waals surface area contributed by atoms with Gasteiger partial charge in [0.2, 0.25) is 5.91 Å². The van der Waals surface area contributed by atoms with Gasteiger partial charge in [0.15, 0.2) is 0 Å². The van der Waals surface area contributed by atoms with Crippen molar-refractivity contribution in [3.63, 3.8) is 0 Å². The molecule has 0 saturated heterocycles. The fourth-order valence-corrected chi connectivity index (χ4v) is 2.77. The van der Waals surface area contributed by atoms with Gasteiger partial charge in [0, 0.05) is 6.04 Å². The summed E-state index contributed by atoms with van der Waals surface area (Å²) in [5.41, 5.74) is 0.669. The molecule has 2 rings (SSSR count). The predicted octanol–water partition coefficient (Wildman–Crippen LogP) is 1.95. The Morgan fingerprint density at radius 1 is 1.21 bits per heavy atom. The Morgan fingerprint density at radius 2 is 1.79 bits per heavy atom. The van der Waals surface area contributed by atoms with Crippen LogP contribution in [-0.4, -0.2) is 20.4 Å². The summed E-state index contributed by atoms with van der Waals surface area (Å²) < 4.78 is 34.0. The number of carbonyl (C=O) groups excluding carboxylic acids is 1. The minimum atomic E-state index is -4.67. The van der Waals surface area contributed by atoms with Crippen molar-refractivity contribution < 1.29 is 17.1 Å². The third-order valence-electron chi connectivity index (χ3n) is 3.29. The maximum atomic E-state index is 12.7. The molecule has 4 nitrogen and oxygen atoms in total. The fraction of sp³-hybridized carbons (Fsp3) is 0.462. The molecular formula is C13H16FNO3S. The molecule has 19 heavy (non-hydrogen) atoms. The second-order valence-electron chi connectivity index (χ2n) is 4.81. The molecule has 0 radical (unpaired) electrons. The van der Waals surface area contributed by atoms with Gasteiger partial charge in [-0.25, -0.2) is 0 Å². The first-order valence-electron chi connectivity index (χ1n) is 6.28. The van der Waals surface area contributed by atoms with Gasteiger partial charge in [0.1, 0.15) is 0 Å². The van der Waals surface area contributed by atoms with Crippen LogP contribution in [0, 0.1) is 0 Å². The second kappa shape index (κ2) is 5.69. The van der Waals surface area contributed by atoms with Crippen LogP contribution in [0.3, 0.4) is 0 Å². The van der Waals surface area contributed by atoms with Crippen LogP contribution in [0.1, 0.15) is 31.2 Å². The van der Waals surface area contributed by atoms with Crippen molar-refractivity contribution in [2.24, 2.45) is 0 Å². The highest BCUT2D eigenvalue weighted by Crippen LogP contribution is 2.18. The van der Waals surface area contributed by atoms with Gasteiger partial charge in [-0.05, 0) is 30.5 Å². The van der Waals surface area contributed by atoms with Gasteiger partial charge in [0.25, 0.3) is 0 Å². The minimum Gasteiger partial charge on any atom is -0.353 e. The molecule has 1 aromatic rings. The quantitative estimate of drug-likeness (QED) is 0.860. The highest BCUT2D eigenvalue weighted by molar-refractivity contribution is 7.86. The van der Waals surface area contributed by atoms with Crippen molar-refractivity contribution in [1.29, 1.82) is 0 Å². The summed E-state index contributed by atoms with van der Waals surface area (Å²) >= 11 is 0. The van der Waals surface area contributed by atoms with Gasteiger partial charge in [-0.1, -0.05) is 25.0 Å². The molecule has 1 aliphatic rings. The Labute approximate surface area is 112 Å². The molecule has 1 fully saturated rings. The van der Waals surface area contributed by atoms with E-state index in [1.807, 2.05) is 0 Å². The highest BCUT2D eigenvalue weighted by atomic mass is 32.3. The molecule has 0 aromatic heterocycles. The number of rotatable bonds is 4. The van der Waals surface area contributed by atoms with Gasteiger partial charge in [-0.3, -0.25) is 4.79 Å². The Kier molecular flexibility index (Phi) is 4.19. The van der Waals surface area contributed by atoms with Crippen LogP contribution in [0.2, 0.25) is 0 Å². The van der Waals surface area contributed by atoms with Crippen molar-refractivity contribution in [1.82, 2.24) is 5.32 Å². The topological polar surface area (TPSA) is 63.2 Å². The summed E-state index contributed by atoms with van der Waals surface area (Å²) in [6.45, 7) is 0. The summed E-state index contributed by atoms with van der Waals surface area (Å²) in [6, 6.07) is 5.53. The monoisotopic (exact) mass is 285 g/mol. The Morgan fingerprint density at radius 3 is 2.32 bits per heavy atom. The molecule has 6 heteroatoms. The maximum absolute atomic E-state index is 12.7. The fourth-order valence-electron chi connectivity index (χ4n) is 2.30. The SMILES string of the molecule is O=C(Cc1ccc(S(=O)(=O)F)cc1)NC1CCCC1. The van der Waals surface area contributed by atoms with Crippen molar-refractivity contribution in [2.45, 2.75) is 43.0 Å². The third-order valence-corrected chi connectivity index (χ3v) is 4.13. The van der Waals surface area contributed by atoms with Gasteiger partial charge in [0.05, 0.1) is 11.3 Å². The molecule has 0 heterocycles. The van der Waals surface area contributed by atoms with Crippen LogP contribution >= 0.6 is 0 Å². The van der Waals surface area contributed by atoms with Crippen LogP contribution in [-0.2, 0) is 21.4 Å². The van der Waals surface area contributed by atoms with Gasteiger partial charge >= 0.3 is 10.2 Å². The number of nitrogens with one attached hydrogen (secondary N) is 1. The average molecular weight is 285 g/mol. The van der Waals surface area contributed by atoms with Gasteiger partial charge < -0.3 is 5.32 Å². The van der Waals surface area contributed by atoms with Crippen LogP contribution in [0.25, 0.3) is 0 Å². The lowest BCUT2D eigenvalue weighted by Gasteiger charge is -2.11. The number of carbonyl (C=O) groups is 1. The van der Waals surface area contributed by atoms with E-state index in [4.69, 9.17) is 0 Å². The zero-order valence-electron chi connectivity index (χ0n) is 10.4. The standard InChI is InChI=1S/C13H16FNO3S/c14-19(17,18)12-7-5-10(6-8-12)9-13(16)15-11-3-1-2-4-11/h5-8,11H,1-4,9H2,(H,15,16). The molecule has 0 aliphatic heterocycles. The van der Waals surface area contributed by atoms with Crippen LogP contribution < -0.4 is 5.32 Å². The molecule has 1 N–H and O–H groups in total. The zero-order chi connectivity index (χ0) is 13.9. The van der Waals surface area contributed by atoms with Crippen LogP contribution in [0.5, 0.6) is 0 Å². The van der Waals surface area contributed by atoms with E-state index in [1.165, 1.54) is 24.3 Å². The summed E-state index contributed by atoms with van der Waals surface area (Å²) in [4.78, 5) is 11.4. The van der Waals surface area contributed by atoms with E-state index < -0.39 is 10.2 Å². The van der Waals surface area contributed by atoms with E-state index in [-0.39, 0.29) is 23.3 Å². The molecule has 0 atom stereocenters. The normalized spacial score (nSPS) is 16.5. The van der Waals surface area contributed by atoms with Gasteiger partial charge in [-0.2, -0.15) is 8.42 Å². The molecular weight excluding hydrogens is 269 g/mol. The number of amides is 1. The Bertz CT molecular complexity index is 548. The summed E-state index contributed by atoms with van der Waals surface area (Å²) in [6.07, 6.45) is 4.51. The molecule has 0 spiro atoms. The Hall–Kier alpha value is -1.43. The molecule has 1 amide bonds. The molecule has 104 valence electrons. The van der Waals surface area contributed by atoms with Crippen molar-refractivity contribution >= 4 is 16.1 Å². The van der Waals surface area contributed by atoms with E-state index in [1.54, 1.807) is 0 Å². The van der Waals surface area contributed by atoms with Crippen LogP contribution in [0.15, 0.2) is 29.2 Å². The molecule has 0 unspecified atom stereocenters. The van der Waals surface area contributed by atoms with E-state index in [0.717, 1.165) is 25.7 Å². The lowest BCUT2D eigenvalue weighted by Crippen LogP contribution is -2.33. The van der Waals surface area contributed by atoms with Crippen LogP contribution in [0.4, 0.5) is 3.89 Å². The van der Waals surface area contributed by atoms with Gasteiger partial charge in [-0.15, -0.1) is 3.89 Å². The summed E-state index contributed by atoms with van der Waals surface area (Å²) in [7, 11) is -4.67. The average Bonchev–Trinajstić information content (AvgIpc) is 2.81. The molecule has 1 saturated carbocycles. The second-order valence-corrected chi connectivity index (χ2v) is 6.15. The van der Waals surface area contributed by atoms with Crippen molar-refractivity contribution in [3.8, 4) is 0 Å². The number of hydrogen-bond acceptors (Lipinski definition) is 3. The molecule has 1 aromatic carbocycles. The van der Waals surface area contributed by atoms with Crippen molar-refractivity contribution in [3.05, 3.63) is 29.8 Å². The predicted molar refractivity (Wildman–Crippen MR) is 68.8 cm³/mol. The van der Waals surface area contributed by atoms with E-state index >= 15 is 0 Å². The lowest BCUT2D eigenvalue weighted by atomic mass is 10.1. The molecule has 0 bridgehead atoms. The smallest absolute Gasteiger partial charge is 0.332 e. The number of halogens is 1. The van der Waals surface area contributed by atoms with E-state index in [9.17, 15) is 17.1 Å².